The van der Waals surface area contributed by atoms with Crippen molar-refractivity contribution in [3.8, 4) is 5.75 Å². The predicted molar refractivity (Wildman–Crippen MR) is 104 cm³/mol. The van der Waals surface area contributed by atoms with E-state index in [0.717, 1.165) is 11.1 Å². The molecule has 2 aromatic carbocycles. The summed E-state index contributed by atoms with van der Waals surface area (Å²) in [5.74, 6) is -1.77. The quantitative estimate of drug-likeness (QED) is 0.685. The Morgan fingerprint density at radius 1 is 0.926 bits per heavy atom. The minimum Gasteiger partial charge on any atom is -0.495 e. The lowest BCUT2D eigenvalue weighted by Crippen LogP contribution is -2.39. The molecule has 0 aromatic heterocycles. The second-order valence-corrected chi connectivity index (χ2v) is 6.24. The van der Waals surface area contributed by atoms with Crippen molar-refractivity contribution in [1.29, 1.82) is 0 Å². The predicted octanol–water partition coefficient (Wildman–Crippen LogP) is 2.66. The van der Waals surface area contributed by atoms with E-state index >= 15 is 0 Å². The van der Waals surface area contributed by atoms with Gasteiger partial charge in [-0.2, -0.15) is 0 Å². The molecule has 27 heavy (non-hydrogen) atoms. The molecule has 0 aliphatic heterocycles. The van der Waals surface area contributed by atoms with Crippen LogP contribution in [-0.4, -0.2) is 31.4 Å². The minimum atomic E-state index is -0.906. The van der Waals surface area contributed by atoms with Gasteiger partial charge in [-0.1, -0.05) is 17.7 Å². The van der Waals surface area contributed by atoms with E-state index in [9.17, 15) is 14.4 Å². The topological polar surface area (TPSA) is 96.5 Å². The third-order valence-corrected chi connectivity index (χ3v) is 4.11. The van der Waals surface area contributed by atoms with Crippen molar-refractivity contribution in [2.45, 2.75) is 13.8 Å². The molecule has 0 bridgehead atoms. The first kappa shape index (κ1) is 20.3. The number of hydrogen-bond donors (Lipinski definition) is 3. The number of amides is 3. The molecule has 0 aliphatic carbocycles. The molecular weight excluding hydrogens is 370 g/mol. The van der Waals surface area contributed by atoms with Gasteiger partial charge in [-0.05, 0) is 55.3 Å². The standard InChI is InChI=1S/C19H20ClN3O4/c1-11-4-5-13(8-12(11)2)23-19(26)18(25)21-10-17(24)22-14-6-7-16(27-3)15(20)9-14/h4-9H,10H2,1-3H3,(H,21,25)(H,22,24)(H,23,26). The zero-order valence-electron chi connectivity index (χ0n) is 15.2. The second kappa shape index (κ2) is 9.05. The molecule has 0 fully saturated rings. The number of nitrogens with one attached hydrogen (secondary N) is 3. The van der Waals surface area contributed by atoms with Crippen molar-refractivity contribution in [3.63, 3.8) is 0 Å². The summed E-state index contributed by atoms with van der Waals surface area (Å²) < 4.78 is 5.03. The fourth-order valence-electron chi connectivity index (χ4n) is 2.20. The zero-order chi connectivity index (χ0) is 20.0. The van der Waals surface area contributed by atoms with Crippen molar-refractivity contribution >= 4 is 40.7 Å². The Morgan fingerprint density at radius 3 is 2.22 bits per heavy atom. The van der Waals surface area contributed by atoms with Crippen LogP contribution in [0.25, 0.3) is 0 Å². The maximum atomic E-state index is 11.9. The molecular formula is C19H20ClN3O4. The third kappa shape index (κ3) is 5.72. The monoisotopic (exact) mass is 389 g/mol. The van der Waals surface area contributed by atoms with Gasteiger partial charge in [0.15, 0.2) is 0 Å². The molecule has 0 radical (unpaired) electrons. The lowest BCUT2D eigenvalue weighted by atomic mass is 10.1. The van der Waals surface area contributed by atoms with Gasteiger partial charge in [-0.3, -0.25) is 14.4 Å². The van der Waals surface area contributed by atoms with Crippen LogP contribution in [0.4, 0.5) is 11.4 Å². The highest BCUT2D eigenvalue weighted by Crippen LogP contribution is 2.27. The Kier molecular flexibility index (Phi) is 6.79. The number of hydrogen-bond acceptors (Lipinski definition) is 4. The van der Waals surface area contributed by atoms with Crippen molar-refractivity contribution in [2.24, 2.45) is 0 Å². The van der Waals surface area contributed by atoms with E-state index in [0.29, 0.717) is 22.1 Å². The summed E-state index contributed by atoms with van der Waals surface area (Å²) in [4.78, 5) is 35.7. The molecule has 3 amide bonds. The maximum absolute atomic E-state index is 11.9. The number of anilines is 2. The number of carbonyl (C=O) groups excluding carboxylic acids is 3. The Balaban J connectivity index is 1.84. The fraction of sp³-hybridized carbons (Fsp3) is 0.211. The van der Waals surface area contributed by atoms with Gasteiger partial charge in [0.25, 0.3) is 0 Å². The molecule has 8 heteroatoms. The number of halogens is 1. The van der Waals surface area contributed by atoms with E-state index < -0.39 is 17.7 Å². The SMILES string of the molecule is COc1ccc(NC(=O)CNC(=O)C(=O)Nc2ccc(C)c(C)c2)cc1Cl. The van der Waals surface area contributed by atoms with E-state index in [2.05, 4.69) is 16.0 Å². The van der Waals surface area contributed by atoms with Crippen LogP contribution in [0.3, 0.4) is 0 Å². The minimum absolute atomic E-state index is 0.340. The first-order valence-electron chi connectivity index (χ1n) is 8.10. The third-order valence-electron chi connectivity index (χ3n) is 3.82. The second-order valence-electron chi connectivity index (χ2n) is 5.83. The Morgan fingerprint density at radius 2 is 1.59 bits per heavy atom. The number of carbonyl (C=O) groups is 3. The van der Waals surface area contributed by atoms with Crippen LogP contribution in [0.2, 0.25) is 5.02 Å². The number of methoxy groups -OCH3 is 1. The molecule has 0 atom stereocenters. The van der Waals surface area contributed by atoms with Gasteiger partial charge < -0.3 is 20.7 Å². The number of ether oxygens (including phenoxy) is 1. The molecule has 0 heterocycles. The summed E-state index contributed by atoms with van der Waals surface area (Å²) in [5, 5.41) is 7.66. The van der Waals surface area contributed by atoms with E-state index in [1.807, 2.05) is 19.9 Å². The summed E-state index contributed by atoms with van der Waals surface area (Å²) in [7, 11) is 1.48. The lowest BCUT2D eigenvalue weighted by molar-refractivity contribution is -0.136. The average Bonchev–Trinajstić information content (AvgIpc) is 2.63. The maximum Gasteiger partial charge on any atom is 0.313 e. The fourth-order valence-corrected chi connectivity index (χ4v) is 2.45. The van der Waals surface area contributed by atoms with Crippen LogP contribution in [0.5, 0.6) is 5.75 Å². The Hall–Kier alpha value is -3.06. The van der Waals surface area contributed by atoms with Crippen LogP contribution < -0.4 is 20.7 Å². The van der Waals surface area contributed by atoms with Crippen molar-refractivity contribution in [1.82, 2.24) is 5.32 Å². The summed E-state index contributed by atoms with van der Waals surface area (Å²) in [6.45, 7) is 3.49. The van der Waals surface area contributed by atoms with Gasteiger partial charge in [0.2, 0.25) is 5.91 Å². The van der Waals surface area contributed by atoms with Crippen molar-refractivity contribution in [3.05, 3.63) is 52.5 Å². The van der Waals surface area contributed by atoms with Gasteiger partial charge in [0, 0.05) is 11.4 Å². The molecule has 0 saturated carbocycles. The van der Waals surface area contributed by atoms with Crippen LogP contribution in [0, 0.1) is 13.8 Å². The number of rotatable bonds is 5. The van der Waals surface area contributed by atoms with Gasteiger partial charge in [-0.25, -0.2) is 0 Å². The van der Waals surface area contributed by atoms with Crippen LogP contribution in [0.1, 0.15) is 11.1 Å². The van der Waals surface area contributed by atoms with E-state index in [-0.39, 0.29) is 6.54 Å². The molecule has 7 nitrogen and oxygen atoms in total. The first-order valence-corrected chi connectivity index (χ1v) is 8.47. The molecule has 2 rings (SSSR count). The van der Waals surface area contributed by atoms with Gasteiger partial charge >= 0.3 is 11.8 Å². The van der Waals surface area contributed by atoms with Gasteiger partial charge in [0.05, 0.1) is 18.7 Å². The normalized spacial score (nSPS) is 10.1. The molecule has 0 spiro atoms. The highest BCUT2D eigenvalue weighted by atomic mass is 35.5. The Bertz CT molecular complexity index is 883. The zero-order valence-corrected chi connectivity index (χ0v) is 15.9. The van der Waals surface area contributed by atoms with E-state index in [1.54, 1.807) is 24.3 Å². The summed E-state index contributed by atoms with van der Waals surface area (Å²) in [6.07, 6.45) is 0. The highest BCUT2D eigenvalue weighted by molar-refractivity contribution is 6.40. The van der Waals surface area contributed by atoms with Gasteiger partial charge in [-0.15, -0.1) is 0 Å². The summed E-state index contributed by atoms with van der Waals surface area (Å²) in [5.41, 5.74) is 3.02. The molecule has 0 aliphatic rings. The molecule has 3 N–H and O–H groups in total. The van der Waals surface area contributed by atoms with E-state index in [1.165, 1.54) is 13.2 Å². The van der Waals surface area contributed by atoms with Crippen LogP contribution >= 0.6 is 11.6 Å². The molecule has 0 unspecified atom stereocenters. The largest absolute Gasteiger partial charge is 0.495 e. The Labute approximate surface area is 162 Å². The van der Waals surface area contributed by atoms with Crippen molar-refractivity contribution in [2.75, 3.05) is 24.3 Å². The smallest absolute Gasteiger partial charge is 0.313 e. The molecule has 0 saturated heterocycles. The summed E-state index contributed by atoms with van der Waals surface area (Å²) in [6, 6.07) is 10.0. The van der Waals surface area contributed by atoms with Gasteiger partial charge in [0.1, 0.15) is 5.75 Å². The number of benzene rings is 2. The average molecular weight is 390 g/mol. The molecule has 2 aromatic rings. The molecule has 142 valence electrons. The van der Waals surface area contributed by atoms with Crippen molar-refractivity contribution < 1.29 is 19.1 Å². The van der Waals surface area contributed by atoms with Crippen LogP contribution in [0.15, 0.2) is 36.4 Å². The summed E-state index contributed by atoms with van der Waals surface area (Å²) >= 11 is 5.98. The van der Waals surface area contributed by atoms with Crippen LogP contribution in [-0.2, 0) is 14.4 Å². The number of aryl methyl sites for hydroxylation is 2. The first-order chi connectivity index (χ1) is 12.8. The highest BCUT2D eigenvalue weighted by Gasteiger charge is 2.15. The van der Waals surface area contributed by atoms with E-state index in [4.69, 9.17) is 16.3 Å². The lowest BCUT2D eigenvalue weighted by Gasteiger charge is -2.10.